The molecule has 1 heterocycles. The second-order valence-electron chi connectivity index (χ2n) is 7.31. The molecule has 0 fully saturated rings. The summed E-state index contributed by atoms with van der Waals surface area (Å²) in [5.41, 5.74) is 4.44. The van der Waals surface area contributed by atoms with Gasteiger partial charge in [-0.25, -0.2) is 23.1 Å². The van der Waals surface area contributed by atoms with Crippen LogP contribution < -0.4 is 20.8 Å². The molecule has 0 saturated carbocycles. The molecule has 0 spiro atoms. The van der Waals surface area contributed by atoms with Gasteiger partial charge in [0.1, 0.15) is 7.85 Å². The van der Waals surface area contributed by atoms with Crippen molar-refractivity contribution >= 4 is 58.2 Å². The van der Waals surface area contributed by atoms with Crippen molar-refractivity contribution in [2.75, 3.05) is 10.0 Å². The van der Waals surface area contributed by atoms with Gasteiger partial charge < -0.3 is 5.32 Å². The molecule has 0 aliphatic carbocycles. The average Bonchev–Trinajstić information content (AvgIpc) is 2.69. The minimum atomic E-state index is -3.86. The Bertz CT molecular complexity index is 1280. The highest BCUT2D eigenvalue weighted by Crippen LogP contribution is 2.17. The molecule has 0 bridgehead atoms. The Balaban J connectivity index is 1.65. The van der Waals surface area contributed by atoms with E-state index in [0.717, 1.165) is 11.0 Å². The second kappa shape index (κ2) is 9.45. The molecule has 3 aromatic rings. The number of hydrogen-bond acceptors (Lipinski definition) is 6. The van der Waals surface area contributed by atoms with Gasteiger partial charge in [-0.1, -0.05) is 23.2 Å². The van der Waals surface area contributed by atoms with Gasteiger partial charge in [-0.3, -0.25) is 10.1 Å². The van der Waals surface area contributed by atoms with Crippen molar-refractivity contribution in [3.05, 3.63) is 71.0 Å². The van der Waals surface area contributed by atoms with Gasteiger partial charge in [-0.2, -0.15) is 0 Å². The van der Waals surface area contributed by atoms with Crippen molar-refractivity contribution in [1.82, 2.24) is 15.3 Å². The molecule has 8 nitrogen and oxygen atoms in total. The zero-order chi connectivity index (χ0) is 23.5. The SMILES string of the molecule is Bc1cc(C(=O)NC(=S)Nc2ccc(S(=O)(=O)Nc3nc(C)cc(C)n3)cc2)ccc1C. The lowest BCUT2D eigenvalue weighted by atomic mass is 9.89. The van der Waals surface area contributed by atoms with E-state index in [-0.39, 0.29) is 21.9 Å². The van der Waals surface area contributed by atoms with Crippen LogP contribution in [-0.2, 0) is 10.0 Å². The number of anilines is 2. The van der Waals surface area contributed by atoms with E-state index < -0.39 is 10.0 Å². The first-order valence-corrected chi connectivity index (χ1v) is 11.6. The number of amides is 1. The minimum absolute atomic E-state index is 0.0138. The fourth-order valence-electron chi connectivity index (χ4n) is 2.89. The Kier molecular flexibility index (Phi) is 6.90. The molecule has 3 N–H and O–H groups in total. The van der Waals surface area contributed by atoms with Crippen LogP contribution in [-0.4, -0.2) is 37.3 Å². The predicted molar refractivity (Wildman–Crippen MR) is 132 cm³/mol. The summed E-state index contributed by atoms with van der Waals surface area (Å²) in [6.07, 6.45) is 0. The number of carbonyl (C=O) groups excluding carboxylic acids is 1. The molecule has 0 aliphatic heterocycles. The Morgan fingerprint density at radius 2 is 1.59 bits per heavy atom. The summed E-state index contributed by atoms with van der Waals surface area (Å²) in [6.45, 7) is 5.49. The third-order valence-electron chi connectivity index (χ3n) is 4.63. The molecule has 1 aromatic heterocycles. The first kappa shape index (κ1) is 23.4. The summed E-state index contributed by atoms with van der Waals surface area (Å²) >= 11 is 5.20. The van der Waals surface area contributed by atoms with Gasteiger partial charge in [0.25, 0.3) is 15.9 Å². The van der Waals surface area contributed by atoms with Crippen LogP contribution in [0.2, 0.25) is 0 Å². The Labute approximate surface area is 193 Å². The molecule has 3 rings (SSSR count). The highest BCUT2D eigenvalue weighted by Gasteiger charge is 2.16. The molecule has 32 heavy (non-hydrogen) atoms. The zero-order valence-electron chi connectivity index (χ0n) is 18.1. The normalized spacial score (nSPS) is 11.0. The maximum absolute atomic E-state index is 12.6. The zero-order valence-corrected chi connectivity index (χ0v) is 19.7. The number of nitrogens with zero attached hydrogens (tertiary/aromatic N) is 2. The van der Waals surface area contributed by atoms with E-state index >= 15 is 0 Å². The third kappa shape index (κ3) is 5.89. The Morgan fingerprint density at radius 1 is 0.969 bits per heavy atom. The molecule has 2 aromatic carbocycles. The minimum Gasteiger partial charge on any atom is -0.332 e. The van der Waals surface area contributed by atoms with Crippen molar-refractivity contribution in [2.45, 2.75) is 25.7 Å². The summed E-state index contributed by atoms with van der Waals surface area (Å²) in [4.78, 5) is 20.6. The Hall–Kier alpha value is -3.31. The highest BCUT2D eigenvalue weighted by atomic mass is 32.2. The Morgan fingerprint density at radius 3 is 2.19 bits per heavy atom. The maximum Gasteiger partial charge on any atom is 0.264 e. The monoisotopic (exact) mass is 467 g/mol. The first-order valence-electron chi connectivity index (χ1n) is 9.68. The fourth-order valence-corrected chi connectivity index (χ4v) is 4.04. The molecule has 11 heteroatoms. The van der Waals surface area contributed by atoms with E-state index in [1.807, 2.05) is 20.8 Å². The smallest absolute Gasteiger partial charge is 0.264 e. The average molecular weight is 467 g/mol. The van der Waals surface area contributed by atoms with E-state index in [1.54, 1.807) is 44.2 Å². The number of carbonyl (C=O) groups is 1. The first-order chi connectivity index (χ1) is 15.0. The molecule has 0 saturated heterocycles. The van der Waals surface area contributed by atoms with Crippen molar-refractivity contribution in [1.29, 1.82) is 0 Å². The number of hydrogen-bond donors (Lipinski definition) is 3. The van der Waals surface area contributed by atoms with Gasteiger partial charge in [0.2, 0.25) is 5.95 Å². The van der Waals surface area contributed by atoms with E-state index in [0.29, 0.717) is 22.6 Å². The second-order valence-corrected chi connectivity index (χ2v) is 9.40. The molecule has 0 aliphatic rings. The van der Waals surface area contributed by atoms with Crippen molar-refractivity contribution in [3.8, 4) is 0 Å². The van der Waals surface area contributed by atoms with E-state index in [2.05, 4.69) is 25.3 Å². The van der Waals surface area contributed by atoms with Gasteiger partial charge in [0, 0.05) is 22.6 Å². The van der Waals surface area contributed by atoms with E-state index in [4.69, 9.17) is 12.2 Å². The van der Waals surface area contributed by atoms with Crippen LogP contribution in [0.4, 0.5) is 11.6 Å². The van der Waals surface area contributed by atoms with Gasteiger partial charge in [0.15, 0.2) is 5.11 Å². The number of aryl methyl sites for hydroxylation is 3. The number of benzene rings is 2. The van der Waals surface area contributed by atoms with Crippen LogP contribution in [0.15, 0.2) is 53.4 Å². The molecular weight excluding hydrogens is 445 g/mol. The number of sulfonamides is 1. The van der Waals surface area contributed by atoms with Crippen LogP contribution >= 0.6 is 12.2 Å². The summed E-state index contributed by atoms with van der Waals surface area (Å²) in [6, 6.07) is 13.1. The number of rotatable bonds is 5. The number of thiocarbonyl (C=S) groups is 1. The number of aromatic nitrogens is 2. The molecule has 0 atom stereocenters. The molecule has 0 unspecified atom stereocenters. The van der Waals surface area contributed by atoms with Crippen molar-refractivity contribution in [3.63, 3.8) is 0 Å². The lowest BCUT2D eigenvalue weighted by molar-refractivity contribution is 0.0978. The van der Waals surface area contributed by atoms with Crippen molar-refractivity contribution < 1.29 is 13.2 Å². The van der Waals surface area contributed by atoms with Gasteiger partial charge in [-0.15, -0.1) is 0 Å². The summed E-state index contributed by atoms with van der Waals surface area (Å²) in [5.74, 6) is -0.317. The summed E-state index contributed by atoms with van der Waals surface area (Å²) in [5, 5.41) is 5.59. The van der Waals surface area contributed by atoms with Crippen LogP contribution in [0.25, 0.3) is 0 Å². The summed E-state index contributed by atoms with van der Waals surface area (Å²) < 4.78 is 27.6. The topological polar surface area (TPSA) is 113 Å². The number of nitrogens with one attached hydrogen (secondary N) is 3. The lowest BCUT2D eigenvalue weighted by Gasteiger charge is -2.12. The van der Waals surface area contributed by atoms with Crippen LogP contribution in [0, 0.1) is 20.8 Å². The molecule has 1 amide bonds. The molecular formula is C21H22BN5O3S2. The van der Waals surface area contributed by atoms with Crippen LogP contribution in [0.3, 0.4) is 0 Å². The lowest BCUT2D eigenvalue weighted by Crippen LogP contribution is -2.34. The molecule has 0 radical (unpaired) electrons. The summed E-state index contributed by atoms with van der Waals surface area (Å²) in [7, 11) is -1.93. The molecule has 164 valence electrons. The fraction of sp³-hybridized carbons (Fsp3) is 0.143. The van der Waals surface area contributed by atoms with Gasteiger partial charge in [-0.05, 0) is 69.4 Å². The van der Waals surface area contributed by atoms with Gasteiger partial charge in [0.05, 0.1) is 4.90 Å². The standard InChI is InChI=1S/C21H22BN5O3S2/c1-12-4-5-15(11-18(12)22)19(28)26-21(31)25-16-6-8-17(9-7-16)32(29,30)27-20-23-13(2)10-14(3)24-20/h4-11H,22H2,1-3H3,(H,23,24,27)(H2,25,26,28,31). The van der Waals surface area contributed by atoms with Crippen LogP contribution in [0.5, 0.6) is 0 Å². The largest absolute Gasteiger partial charge is 0.332 e. The van der Waals surface area contributed by atoms with Gasteiger partial charge >= 0.3 is 0 Å². The van der Waals surface area contributed by atoms with Crippen LogP contribution in [0.1, 0.15) is 27.3 Å². The van der Waals surface area contributed by atoms with E-state index in [9.17, 15) is 13.2 Å². The van der Waals surface area contributed by atoms with Crippen molar-refractivity contribution in [2.24, 2.45) is 0 Å². The highest BCUT2D eigenvalue weighted by molar-refractivity contribution is 7.92. The predicted octanol–water partition coefficient (Wildman–Crippen LogP) is 1.59. The third-order valence-corrected chi connectivity index (χ3v) is 6.17. The van der Waals surface area contributed by atoms with E-state index in [1.165, 1.54) is 12.1 Å². The maximum atomic E-state index is 12.6. The quantitative estimate of drug-likeness (QED) is 0.386.